The third-order valence-electron chi connectivity index (χ3n) is 2.27. The van der Waals surface area contributed by atoms with Gasteiger partial charge in [-0.3, -0.25) is 4.79 Å². The van der Waals surface area contributed by atoms with Crippen LogP contribution in [0.25, 0.3) is 10.7 Å². The van der Waals surface area contributed by atoms with Crippen LogP contribution in [0.1, 0.15) is 6.92 Å². The monoisotopic (exact) mass is 394 g/mol. The number of halogens is 2. The van der Waals surface area contributed by atoms with Crippen LogP contribution in [0.4, 0.5) is 0 Å². The van der Waals surface area contributed by atoms with Crippen molar-refractivity contribution in [1.29, 1.82) is 0 Å². The van der Waals surface area contributed by atoms with E-state index in [1.165, 1.54) is 16.0 Å². The fourth-order valence-corrected chi connectivity index (χ4v) is 3.32. The van der Waals surface area contributed by atoms with E-state index in [1.807, 2.05) is 6.07 Å². The minimum absolute atomic E-state index is 0.241. The van der Waals surface area contributed by atoms with Crippen LogP contribution in [0.15, 0.2) is 14.3 Å². The van der Waals surface area contributed by atoms with E-state index in [1.54, 1.807) is 6.92 Å². The number of aliphatic carboxylic acids is 1. The predicted octanol–water partition coefficient (Wildman–Crippen LogP) is 2.65. The molecule has 0 aliphatic heterocycles. The summed E-state index contributed by atoms with van der Waals surface area (Å²) in [7, 11) is 0. The first-order valence-electron chi connectivity index (χ1n) is 4.93. The molecule has 0 aliphatic rings. The van der Waals surface area contributed by atoms with Crippen molar-refractivity contribution >= 4 is 49.2 Å². The average molecular weight is 396 g/mol. The van der Waals surface area contributed by atoms with Gasteiger partial charge in [0.2, 0.25) is 0 Å². The first-order chi connectivity index (χ1) is 8.49. The molecule has 2 aromatic heterocycles. The molecule has 9 heteroatoms. The van der Waals surface area contributed by atoms with Crippen molar-refractivity contribution in [1.82, 2.24) is 20.2 Å². The van der Waals surface area contributed by atoms with Crippen LogP contribution in [0.2, 0.25) is 0 Å². The van der Waals surface area contributed by atoms with Crippen molar-refractivity contribution in [3.63, 3.8) is 0 Å². The van der Waals surface area contributed by atoms with Crippen LogP contribution in [0.5, 0.6) is 0 Å². The van der Waals surface area contributed by atoms with Gasteiger partial charge in [0.15, 0.2) is 5.82 Å². The van der Waals surface area contributed by atoms with Crippen LogP contribution in [0, 0.1) is 5.92 Å². The predicted molar refractivity (Wildman–Crippen MR) is 73.3 cm³/mol. The number of rotatable bonds is 4. The molecule has 2 rings (SSSR count). The Kier molecular flexibility index (Phi) is 4.13. The van der Waals surface area contributed by atoms with E-state index in [0.717, 1.165) is 13.1 Å². The largest absolute Gasteiger partial charge is 0.481 e. The maximum Gasteiger partial charge on any atom is 0.308 e. The van der Waals surface area contributed by atoms with E-state index < -0.39 is 11.9 Å². The van der Waals surface area contributed by atoms with Crippen LogP contribution < -0.4 is 0 Å². The van der Waals surface area contributed by atoms with Crippen molar-refractivity contribution in [3.05, 3.63) is 14.3 Å². The van der Waals surface area contributed by atoms with Gasteiger partial charge in [0.25, 0.3) is 0 Å². The van der Waals surface area contributed by atoms with Gasteiger partial charge in [-0.05, 0) is 48.4 Å². The molecule has 0 bridgehead atoms. The van der Waals surface area contributed by atoms with Crippen LogP contribution in [-0.2, 0) is 11.3 Å². The third kappa shape index (κ3) is 2.78. The fraction of sp³-hybridized carbons (Fsp3) is 0.333. The molecule has 0 fully saturated rings. The topological polar surface area (TPSA) is 80.9 Å². The lowest BCUT2D eigenvalue weighted by Crippen LogP contribution is -2.18. The SMILES string of the molecule is CC(Cn1nnnc1-c1cc(Br)c(Br)s1)C(=O)O. The van der Waals surface area contributed by atoms with Crippen molar-refractivity contribution in [3.8, 4) is 10.7 Å². The molecule has 1 N–H and O–H groups in total. The van der Waals surface area contributed by atoms with Crippen LogP contribution in [-0.4, -0.2) is 31.3 Å². The van der Waals surface area contributed by atoms with E-state index >= 15 is 0 Å². The number of tetrazole rings is 1. The van der Waals surface area contributed by atoms with Gasteiger partial charge in [0.1, 0.15) is 0 Å². The lowest BCUT2D eigenvalue weighted by atomic mass is 10.2. The molecule has 0 aliphatic carbocycles. The fourth-order valence-electron chi connectivity index (χ4n) is 1.30. The number of hydrogen-bond donors (Lipinski definition) is 1. The number of aromatic nitrogens is 4. The molecular formula is C9H8Br2N4O2S. The van der Waals surface area contributed by atoms with Gasteiger partial charge in [-0.15, -0.1) is 16.4 Å². The van der Waals surface area contributed by atoms with E-state index in [9.17, 15) is 4.79 Å². The van der Waals surface area contributed by atoms with E-state index in [-0.39, 0.29) is 6.54 Å². The van der Waals surface area contributed by atoms with Crippen LogP contribution in [0.3, 0.4) is 0 Å². The second kappa shape index (κ2) is 5.45. The van der Waals surface area contributed by atoms with Gasteiger partial charge in [-0.2, -0.15) is 0 Å². The summed E-state index contributed by atoms with van der Waals surface area (Å²) in [6.45, 7) is 1.86. The zero-order valence-corrected chi connectivity index (χ0v) is 13.2. The first-order valence-corrected chi connectivity index (χ1v) is 7.33. The zero-order valence-electron chi connectivity index (χ0n) is 9.17. The number of thiophene rings is 1. The second-order valence-corrected chi connectivity index (χ2v) is 6.88. The van der Waals surface area contributed by atoms with Gasteiger partial charge in [0.05, 0.1) is 21.1 Å². The molecule has 0 aromatic carbocycles. The van der Waals surface area contributed by atoms with E-state index in [0.29, 0.717) is 5.82 Å². The zero-order chi connectivity index (χ0) is 13.3. The summed E-state index contributed by atoms with van der Waals surface area (Å²) in [4.78, 5) is 11.7. The summed E-state index contributed by atoms with van der Waals surface area (Å²) in [5.74, 6) is -0.844. The maximum atomic E-state index is 10.8. The molecule has 2 heterocycles. The maximum absolute atomic E-state index is 10.8. The molecule has 0 saturated heterocycles. The molecule has 0 spiro atoms. The third-order valence-corrected chi connectivity index (χ3v) is 5.52. The first kappa shape index (κ1) is 13.6. The second-order valence-electron chi connectivity index (χ2n) is 3.66. The Morgan fingerprint density at radius 2 is 2.33 bits per heavy atom. The number of carboxylic acids is 1. The minimum Gasteiger partial charge on any atom is -0.481 e. The Labute approximate surface area is 123 Å². The van der Waals surface area contributed by atoms with Crippen LogP contribution >= 0.6 is 43.2 Å². The Morgan fingerprint density at radius 1 is 1.61 bits per heavy atom. The lowest BCUT2D eigenvalue weighted by molar-refractivity contribution is -0.141. The molecule has 0 saturated carbocycles. The molecule has 1 unspecified atom stereocenters. The highest BCUT2D eigenvalue weighted by Gasteiger charge is 2.18. The normalized spacial score (nSPS) is 12.6. The number of hydrogen-bond acceptors (Lipinski definition) is 5. The Morgan fingerprint density at radius 3 is 2.89 bits per heavy atom. The lowest BCUT2D eigenvalue weighted by Gasteiger charge is -2.06. The van der Waals surface area contributed by atoms with Crippen molar-refractivity contribution in [2.45, 2.75) is 13.5 Å². The molecule has 1 atom stereocenters. The van der Waals surface area contributed by atoms with Gasteiger partial charge in [-0.25, -0.2) is 4.68 Å². The van der Waals surface area contributed by atoms with Gasteiger partial charge >= 0.3 is 5.97 Å². The molecule has 96 valence electrons. The molecule has 2 aromatic rings. The smallest absolute Gasteiger partial charge is 0.308 e. The Bertz CT molecular complexity index is 563. The Balaban J connectivity index is 2.30. The molecular weight excluding hydrogens is 388 g/mol. The van der Waals surface area contributed by atoms with Crippen molar-refractivity contribution in [2.75, 3.05) is 0 Å². The highest BCUT2D eigenvalue weighted by Crippen LogP contribution is 2.37. The van der Waals surface area contributed by atoms with Crippen molar-refractivity contribution < 1.29 is 9.90 Å². The molecule has 18 heavy (non-hydrogen) atoms. The van der Waals surface area contributed by atoms with Gasteiger partial charge < -0.3 is 5.11 Å². The van der Waals surface area contributed by atoms with E-state index in [2.05, 4.69) is 47.4 Å². The summed E-state index contributed by atoms with van der Waals surface area (Å²) in [6, 6.07) is 1.89. The quantitative estimate of drug-likeness (QED) is 0.860. The number of carboxylic acid groups (broad SMARTS) is 1. The minimum atomic E-state index is -0.870. The van der Waals surface area contributed by atoms with Gasteiger partial charge in [0, 0.05) is 4.47 Å². The summed E-state index contributed by atoms with van der Waals surface area (Å²) in [5.41, 5.74) is 0. The highest BCUT2D eigenvalue weighted by molar-refractivity contribution is 9.13. The summed E-state index contributed by atoms with van der Waals surface area (Å²) >= 11 is 8.27. The average Bonchev–Trinajstić information content (AvgIpc) is 2.86. The number of carbonyl (C=O) groups is 1. The highest BCUT2D eigenvalue weighted by atomic mass is 79.9. The Hall–Kier alpha value is -0.800. The molecule has 0 amide bonds. The van der Waals surface area contributed by atoms with Crippen molar-refractivity contribution in [2.24, 2.45) is 5.92 Å². The summed E-state index contributed by atoms with van der Waals surface area (Å²) in [6.07, 6.45) is 0. The standard InChI is InChI=1S/C9H8Br2N4O2S/c1-4(9(16)17)3-15-8(12-13-14-15)6-2-5(10)7(11)18-6/h2,4H,3H2,1H3,(H,16,17). The molecule has 0 radical (unpaired) electrons. The molecule has 6 nitrogen and oxygen atoms in total. The summed E-state index contributed by atoms with van der Waals surface area (Å²) < 4.78 is 3.37. The van der Waals surface area contributed by atoms with E-state index in [4.69, 9.17) is 5.11 Å². The summed E-state index contributed by atoms with van der Waals surface area (Å²) in [5, 5.41) is 20.2. The van der Waals surface area contributed by atoms with Gasteiger partial charge in [-0.1, -0.05) is 6.92 Å². The number of nitrogens with zero attached hydrogens (tertiary/aromatic N) is 4.